The van der Waals surface area contributed by atoms with Gasteiger partial charge in [0, 0.05) is 25.1 Å². The quantitative estimate of drug-likeness (QED) is 0.686. The van der Waals surface area contributed by atoms with Crippen molar-refractivity contribution in [3.63, 3.8) is 0 Å². The van der Waals surface area contributed by atoms with E-state index in [2.05, 4.69) is 32.9 Å². The summed E-state index contributed by atoms with van der Waals surface area (Å²) in [7, 11) is 0. The number of nitrogens with zero attached hydrogens (tertiary/aromatic N) is 1. The van der Waals surface area contributed by atoms with E-state index in [0.29, 0.717) is 25.0 Å². The van der Waals surface area contributed by atoms with E-state index in [-0.39, 0.29) is 12.2 Å². The minimum atomic E-state index is -0.0926. The fraction of sp³-hybridized carbons (Fsp3) is 0.737. The van der Waals surface area contributed by atoms with Crippen molar-refractivity contribution in [1.29, 1.82) is 0 Å². The van der Waals surface area contributed by atoms with Gasteiger partial charge in [-0.3, -0.25) is 4.79 Å². The highest BCUT2D eigenvalue weighted by molar-refractivity contribution is 5.97. The van der Waals surface area contributed by atoms with E-state index in [1.807, 2.05) is 11.8 Å². The van der Waals surface area contributed by atoms with Gasteiger partial charge >= 0.3 is 0 Å². The highest BCUT2D eigenvalue weighted by Gasteiger charge is 2.30. The van der Waals surface area contributed by atoms with Gasteiger partial charge < -0.3 is 14.4 Å². The van der Waals surface area contributed by atoms with Crippen molar-refractivity contribution in [3.05, 3.63) is 23.3 Å². The Balaban J connectivity index is 1.96. The van der Waals surface area contributed by atoms with Crippen LogP contribution in [0.5, 0.6) is 0 Å². The first-order valence-electron chi connectivity index (χ1n) is 8.90. The Morgan fingerprint density at radius 1 is 1.30 bits per heavy atom. The molecule has 1 atom stereocenters. The zero-order valence-corrected chi connectivity index (χ0v) is 15.0. The summed E-state index contributed by atoms with van der Waals surface area (Å²) in [6.07, 6.45) is 7.10. The first kappa shape index (κ1) is 18.2. The van der Waals surface area contributed by atoms with Crippen LogP contribution >= 0.6 is 0 Å². The first-order valence-corrected chi connectivity index (χ1v) is 8.90. The molecule has 0 radical (unpaired) electrons. The van der Waals surface area contributed by atoms with Gasteiger partial charge in [-0.1, -0.05) is 32.9 Å². The molecule has 0 saturated carbocycles. The number of allylic oxidation sites excluding steroid dienone is 1. The molecule has 0 aromatic rings. The second-order valence-electron chi connectivity index (χ2n) is 7.05. The first-order chi connectivity index (χ1) is 11.0. The molecule has 2 rings (SSSR count). The molecule has 1 amide bonds. The van der Waals surface area contributed by atoms with E-state index in [0.717, 1.165) is 43.5 Å². The molecule has 23 heavy (non-hydrogen) atoms. The van der Waals surface area contributed by atoms with Crippen LogP contribution in [0.2, 0.25) is 0 Å². The molecule has 0 N–H and O–H groups in total. The Labute approximate surface area is 140 Å². The third-order valence-electron chi connectivity index (χ3n) is 4.51. The summed E-state index contributed by atoms with van der Waals surface area (Å²) in [6.45, 7) is 11.4. The molecule has 4 heteroatoms. The monoisotopic (exact) mass is 321 g/mol. The molecule has 0 aromatic heterocycles. The van der Waals surface area contributed by atoms with Crippen LogP contribution in [0.25, 0.3) is 0 Å². The van der Waals surface area contributed by atoms with Crippen molar-refractivity contribution in [3.8, 4) is 0 Å². The topological polar surface area (TPSA) is 38.8 Å². The summed E-state index contributed by atoms with van der Waals surface area (Å²) in [6, 6.07) is 0. The van der Waals surface area contributed by atoms with Gasteiger partial charge in [0.25, 0.3) is 0 Å². The van der Waals surface area contributed by atoms with Crippen LogP contribution < -0.4 is 0 Å². The maximum Gasteiger partial charge on any atom is 0.250 e. The smallest absolute Gasteiger partial charge is 0.250 e. The third-order valence-corrected chi connectivity index (χ3v) is 4.51. The summed E-state index contributed by atoms with van der Waals surface area (Å²) < 4.78 is 11.2. The number of hydrogen-bond donors (Lipinski definition) is 0. The van der Waals surface area contributed by atoms with Gasteiger partial charge in [-0.25, -0.2) is 0 Å². The standard InChI is InChI=1S/C19H31NO3/c1-5-6-7-17-13-20(19(21)15(17)4)12-16(10-14(2)3)11-18-22-8-9-23-18/h6-7,14,16,18H,5,8-13H2,1-4H3. The number of amides is 1. The third kappa shape index (κ3) is 5.18. The maximum atomic E-state index is 12.5. The summed E-state index contributed by atoms with van der Waals surface area (Å²) in [5.74, 6) is 1.21. The van der Waals surface area contributed by atoms with Crippen molar-refractivity contribution >= 4 is 5.91 Å². The Kier molecular flexibility index (Phi) is 6.85. The summed E-state index contributed by atoms with van der Waals surface area (Å²) in [5.41, 5.74) is 2.06. The molecule has 0 aliphatic carbocycles. The fourth-order valence-corrected chi connectivity index (χ4v) is 3.39. The lowest BCUT2D eigenvalue weighted by Crippen LogP contribution is -2.34. The molecule has 2 aliphatic heterocycles. The van der Waals surface area contributed by atoms with Crippen LogP contribution in [-0.4, -0.2) is 43.4 Å². The zero-order chi connectivity index (χ0) is 16.8. The summed E-state index contributed by atoms with van der Waals surface area (Å²) in [5, 5.41) is 0. The molecular formula is C19H31NO3. The van der Waals surface area contributed by atoms with Crippen LogP contribution in [0.1, 0.15) is 47.0 Å². The van der Waals surface area contributed by atoms with Gasteiger partial charge in [0.1, 0.15) is 0 Å². The van der Waals surface area contributed by atoms with Gasteiger partial charge in [0.2, 0.25) is 5.91 Å². The Bertz CT molecular complexity index is 461. The summed E-state index contributed by atoms with van der Waals surface area (Å²) in [4.78, 5) is 14.5. The molecule has 0 aromatic carbocycles. The normalized spacial score (nSPS) is 21.4. The molecule has 0 bridgehead atoms. The minimum absolute atomic E-state index is 0.0926. The van der Waals surface area contributed by atoms with Crippen molar-refractivity contribution in [2.24, 2.45) is 11.8 Å². The van der Waals surface area contributed by atoms with Crippen LogP contribution in [0.3, 0.4) is 0 Å². The maximum absolute atomic E-state index is 12.5. The molecule has 130 valence electrons. The number of carbonyl (C=O) groups excluding carboxylic acids is 1. The second kappa shape index (κ2) is 8.65. The summed E-state index contributed by atoms with van der Waals surface area (Å²) >= 11 is 0. The van der Waals surface area contributed by atoms with Crippen LogP contribution in [0.15, 0.2) is 23.3 Å². The predicted molar refractivity (Wildman–Crippen MR) is 92.0 cm³/mol. The lowest BCUT2D eigenvalue weighted by atomic mass is 9.93. The lowest BCUT2D eigenvalue weighted by molar-refractivity contribution is -0.126. The number of carbonyl (C=O) groups is 1. The largest absolute Gasteiger partial charge is 0.350 e. The fourth-order valence-electron chi connectivity index (χ4n) is 3.39. The molecule has 4 nitrogen and oxygen atoms in total. The van der Waals surface area contributed by atoms with Crippen molar-refractivity contribution in [2.75, 3.05) is 26.3 Å². The number of rotatable bonds is 8. The zero-order valence-electron chi connectivity index (χ0n) is 15.0. The highest BCUT2D eigenvalue weighted by Crippen LogP contribution is 2.26. The van der Waals surface area contributed by atoms with Crippen molar-refractivity contribution in [1.82, 2.24) is 4.90 Å². The van der Waals surface area contributed by atoms with Gasteiger partial charge in [0.15, 0.2) is 6.29 Å². The Morgan fingerprint density at radius 2 is 2.00 bits per heavy atom. The minimum Gasteiger partial charge on any atom is -0.350 e. The van der Waals surface area contributed by atoms with Crippen LogP contribution in [0.4, 0.5) is 0 Å². The van der Waals surface area contributed by atoms with Gasteiger partial charge in [-0.15, -0.1) is 0 Å². The molecule has 1 unspecified atom stereocenters. The SMILES string of the molecule is CCC=CC1=C(C)C(=O)N(CC(CC(C)C)CC2OCCO2)C1. The Hall–Kier alpha value is -1.13. The predicted octanol–water partition coefficient (Wildman–Crippen LogP) is 3.54. The Morgan fingerprint density at radius 3 is 2.61 bits per heavy atom. The van der Waals surface area contributed by atoms with E-state index in [1.165, 1.54) is 0 Å². The second-order valence-corrected chi connectivity index (χ2v) is 7.05. The highest BCUT2D eigenvalue weighted by atomic mass is 16.7. The van der Waals surface area contributed by atoms with Gasteiger partial charge in [-0.05, 0) is 37.2 Å². The van der Waals surface area contributed by atoms with E-state index in [4.69, 9.17) is 9.47 Å². The van der Waals surface area contributed by atoms with Crippen LogP contribution in [0, 0.1) is 11.8 Å². The van der Waals surface area contributed by atoms with E-state index in [1.54, 1.807) is 0 Å². The van der Waals surface area contributed by atoms with E-state index < -0.39 is 0 Å². The van der Waals surface area contributed by atoms with E-state index >= 15 is 0 Å². The number of ether oxygens (including phenoxy) is 2. The average molecular weight is 321 g/mol. The van der Waals surface area contributed by atoms with Gasteiger partial charge in [-0.2, -0.15) is 0 Å². The molecule has 1 saturated heterocycles. The van der Waals surface area contributed by atoms with Gasteiger partial charge in [0.05, 0.1) is 13.2 Å². The number of hydrogen-bond acceptors (Lipinski definition) is 3. The molecular weight excluding hydrogens is 290 g/mol. The molecule has 1 fully saturated rings. The van der Waals surface area contributed by atoms with E-state index in [9.17, 15) is 4.79 Å². The van der Waals surface area contributed by atoms with Crippen molar-refractivity contribution < 1.29 is 14.3 Å². The molecule has 0 spiro atoms. The van der Waals surface area contributed by atoms with Crippen molar-refractivity contribution in [2.45, 2.75) is 53.2 Å². The molecule has 2 aliphatic rings. The lowest BCUT2D eigenvalue weighted by Gasteiger charge is -2.27. The molecule has 2 heterocycles. The van der Waals surface area contributed by atoms with Crippen LogP contribution in [-0.2, 0) is 14.3 Å². The average Bonchev–Trinajstić information content (AvgIpc) is 3.09.